The zero-order chi connectivity index (χ0) is 14.3. The monoisotopic (exact) mass is 301 g/mol. The number of carbonyl (C=O) groups is 2. The largest absolute Gasteiger partial charge is 1.00 e. The third kappa shape index (κ3) is 6.96. The highest BCUT2D eigenvalue weighted by Gasteiger charge is 2.18. The molecule has 0 saturated heterocycles. The first kappa shape index (κ1) is 18.2. The Hall–Kier alpha value is -1.79. The molecule has 0 spiro atoms. The molecule has 0 fully saturated rings. The molecule has 3 amide bonds. The molecule has 0 saturated carbocycles. The lowest BCUT2D eigenvalue weighted by Crippen LogP contribution is -3.11. The van der Waals surface area contributed by atoms with E-state index in [-0.39, 0.29) is 25.1 Å². The van der Waals surface area contributed by atoms with E-state index >= 15 is 0 Å². The number of urea groups is 1. The normalized spacial score (nSPS) is 11.3. The highest BCUT2D eigenvalue weighted by atomic mass is 35.5. The Kier molecular flexibility index (Phi) is 8.35. The second kappa shape index (κ2) is 9.17. The van der Waals surface area contributed by atoms with Gasteiger partial charge in [0.25, 0.3) is 0 Å². The highest BCUT2D eigenvalue weighted by molar-refractivity contribution is 5.89. The third-order valence-electron chi connectivity index (χ3n) is 2.78. The molecule has 0 aliphatic rings. The number of hydrogen-bond donors (Lipinski definition) is 3. The summed E-state index contributed by atoms with van der Waals surface area (Å²) in [7, 11) is 3.98. The van der Waals surface area contributed by atoms with E-state index in [0.717, 1.165) is 11.3 Å². The van der Waals surface area contributed by atoms with Crippen molar-refractivity contribution < 1.29 is 31.6 Å². The lowest BCUT2D eigenvalue weighted by molar-refractivity contribution is -0.885. The molecule has 20 heavy (non-hydrogen) atoms. The van der Waals surface area contributed by atoms with Crippen LogP contribution in [0, 0.1) is 0 Å². The Morgan fingerprint density at radius 3 is 2.40 bits per heavy atom. The molecule has 1 rings (SSSR count). The summed E-state index contributed by atoms with van der Waals surface area (Å²) >= 11 is 0. The Morgan fingerprint density at radius 2 is 1.90 bits per heavy atom. The van der Waals surface area contributed by atoms with Gasteiger partial charge in [0.2, 0.25) is 0 Å². The van der Waals surface area contributed by atoms with E-state index in [2.05, 4.69) is 0 Å². The van der Waals surface area contributed by atoms with Gasteiger partial charge in [0.05, 0.1) is 14.1 Å². The zero-order valence-corrected chi connectivity index (χ0v) is 12.3. The summed E-state index contributed by atoms with van der Waals surface area (Å²) in [6.07, 6.45) is -0.0284. The van der Waals surface area contributed by atoms with Crippen LogP contribution >= 0.6 is 0 Å². The van der Waals surface area contributed by atoms with Crippen LogP contribution in [0.2, 0.25) is 0 Å². The van der Waals surface area contributed by atoms with E-state index in [0.29, 0.717) is 0 Å². The maximum atomic E-state index is 11.2. The molecule has 1 aromatic rings. The predicted octanol–water partition coefficient (Wildman–Crippen LogP) is -3.45. The van der Waals surface area contributed by atoms with Gasteiger partial charge in [-0.3, -0.25) is 0 Å². The molecule has 0 bridgehead atoms. The average molecular weight is 302 g/mol. The van der Waals surface area contributed by atoms with E-state index in [9.17, 15) is 9.59 Å². The number of hydrogen-bond acceptors (Lipinski definition) is 3. The summed E-state index contributed by atoms with van der Waals surface area (Å²) in [6, 6.07) is 9.15. The van der Waals surface area contributed by atoms with Gasteiger partial charge in [-0.05, 0) is 5.56 Å². The molecule has 112 valence electrons. The molecule has 1 atom stereocenters. The van der Waals surface area contributed by atoms with Crippen molar-refractivity contribution in [3.05, 3.63) is 35.9 Å². The lowest BCUT2D eigenvalue weighted by Gasteiger charge is -2.21. The van der Waals surface area contributed by atoms with Crippen LogP contribution in [-0.2, 0) is 11.2 Å². The highest BCUT2D eigenvalue weighted by Crippen LogP contribution is 2.02. The standard InChI is InChI=1S/C13H19N3O3.ClH/c1-16(2)11(8-10-6-4-3-5-7-10)9-19-13(18)15-12(14)17;/h3-7,11H,8-9H2,1-2H3,(H3,14,15,17,18);1H/t11-;/m1./s1. The number of nitrogens with two attached hydrogens (primary N) is 1. The SMILES string of the molecule is C[NH+](C)[C@@H](COC(=O)NC(N)=O)Cc1ccccc1.[Cl-]. The van der Waals surface area contributed by atoms with E-state index in [1.807, 2.05) is 49.7 Å². The van der Waals surface area contributed by atoms with Gasteiger partial charge in [-0.15, -0.1) is 0 Å². The third-order valence-corrected chi connectivity index (χ3v) is 2.78. The Bertz CT molecular complexity index is 426. The van der Waals surface area contributed by atoms with Crippen LogP contribution in [-0.4, -0.2) is 38.9 Å². The fourth-order valence-electron chi connectivity index (χ4n) is 1.64. The van der Waals surface area contributed by atoms with E-state index in [4.69, 9.17) is 10.5 Å². The number of alkyl carbamates (subject to hydrolysis) is 1. The van der Waals surface area contributed by atoms with Crippen LogP contribution in [0.3, 0.4) is 0 Å². The van der Waals surface area contributed by atoms with Crippen LogP contribution in [0.5, 0.6) is 0 Å². The fourth-order valence-corrected chi connectivity index (χ4v) is 1.64. The van der Waals surface area contributed by atoms with Gasteiger partial charge in [0.15, 0.2) is 0 Å². The molecule has 0 aliphatic heterocycles. The number of amides is 3. The van der Waals surface area contributed by atoms with E-state index in [1.165, 1.54) is 5.56 Å². The van der Waals surface area contributed by atoms with Gasteiger partial charge in [0.1, 0.15) is 12.6 Å². The van der Waals surface area contributed by atoms with E-state index in [1.54, 1.807) is 0 Å². The van der Waals surface area contributed by atoms with Crippen molar-refractivity contribution in [2.45, 2.75) is 12.5 Å². The molecule has 4 N–H and O–H groups in total. The molecule has 0 aromatic heterocycles. The minimum atomic E-state index is -0.915. The molecule has 6 nitrogen and oxygen atoms in total. The van der Waals surface area contributed by atoms with Crippen LogP contribution in [0.15, 0.2) is 30.3 Å². The van der Waals surface area contributed by atoms with Crippen molar-refractivity contribution in [1.82, 2.24) is 5.32 Å². The molecule has 1 aromatic carbocycles. The number of primary amides is 1. The number of likely N-dealkylation sites (N-methyl/N-ethyl adjacent to an activating group) is 1. The van der Waals surface area contributed by atoms with Gasteiger partial charge in [-0.1, -0.05) is 30.3 Å². The first-order valence-corrected chi connectivity index (χ1v) is 6.06. The zero-order valence-electron chi connectivity index (χ0n) is 11.6. The lowest BCUT2D eigenvalue weighted by atomic mass is 10.1. The van der Waals surface area contributed by atoms with E-state index < -0.39 is 12.1 Å². The number of nitrogens with one attached hydrogen (secondary N) is 2. The molecule has 0 heterocycles. The smallest absolute Gasteiger partial charge is 0.415 e. The van der Waals surface area contributed by atoms with Crippen molar-refractivity contribution in [3.8, 4) is 0 Å². The van der Waals surface area contributed by atoms with Crippen LogP contribution < -0.4 is 28.4 Å². The molecule has 0 radical (unpaired) electrons. The van der Waals surface area contributed by atoms with Gasteiger partial charge in [-0.2, -0.15) is 0 Å². The summed E-state index contributed by atoms with van der Waals surface area (Å²) in [5, 5.41) is 1.87. The summed E-state index contributed by atoms with van der Waals surface area (Å²) in [5.74, 6) is 0. The van der Waals surface area contributed by atoms with Gasteiger partial charge in [-0.25, -0.2) is 14.9 Å². The number of benzene rings is 1. The summed E-state index contributed by atoms with van der Waals surface area (Å²) in [6.45, 7) is 0.219. The fraction of sp³-hybridized carbons (Fsp3) is 0.385. The number of rotatable bonds is 5. The Balaban J connectivity index is 0.00000361. The van der Waals surface area contributed by atoms with Crippen molar-refractivity contribution in [2.24, 2.45) is 5.73 Å². The molecular formula is C13H20ClN3O3. The Labute approximate surface area is 124 Å². The molecule has 0 aliphatic carbocycles. The van der Waals surface area contributed by atoms with Gasteiger partial charge in [0, 0.05) is 6.42 Å². The number of ether oxygens (including phenoxy) is 1. The van der Waals surface area contributed by atoms with Crippen LogP contribution in [0.4, 0.5) is 9.59 Å². The molecule has 7 heteroatoms. The number of carbonyl (C=O) groups excluding carboxylic acids is 2. The van der Waals surface area contributed by atoms with Gasteiger partial charge < -0.3 is 27.8 Å². The number of halogens is 1. The van der Waals surface area contributed by atoms with Crippen molar-refractivity contribution in [3.63, 3.8) is 0 Å². The summed E-state index contributed by atoms with van der Waals surface area (Å²) < 4.78 is 4.98. The Morgan fingerprint density at radius 1 is 1.30 bits per heavy atom. The molecular weight excluding hydrogens is 282 g/mol. The first-order valence-electron chi connectivity index (χ1n) is 6.06. The number of imide groups is 1. The van der Waals surface area contributed by atoms with Gasteiger partial charge >= 0.3 is 12.1 Å². The maximum Gasteiger partial charge on any atom is 0.415 e. The quantitative estimate of drug-likeness (QED) is 0.529. The summed E-state index contributed by atoms with van der Waals surface area (Å²) in [4.78, 5) is 22.8. The number of quaternary nitrogens is 1. The second-order valence-corrected chi connectivity index (χ2v) is 4.55. The average Bonchev–Trinajstić information content (AvgIpc) is 2.34. The summed E-state index contributed by atoms with van der Waals surface area (Å²) in [5.41, 5.74) is 6.00. The topological polar surface area (TPSA) is 85.9 Å². The predicted molar refractivity (Wildman–Crippen MR) is 70.8 cm³/mol. The van der Waals surface area contributed by atoms with Crippen molar-refractivity contribution in [2.75, 3.05) is 20.7 Å². The first-order chi connectivity index (χ1) is 8.99. The van der Waals surface area contributed by atoms with Crippen LogP contribution in [0.1, 0.15) is 5.56 Å². The minimum Gasteiger partial charge on any atom is -1.00 e. The molecule has 0 unspecified atom stereocenters. The minimum absolute atomic E-state index is 0. The van der Waals surface area contributed by atoms with Crippen molar-refractivity contribution in [1.29, 1.82) is 0 Å². The van der Waals surface area contributed by atoms with Crippen molar-refractivity contribution >= 4 is 12.1 Å². The second-order valence-electron chi connectivity index (χ2n) is 4.55. The van der Waals surface area contributed by atoms with Crippen LogP contribution in [0.25, 0.3) is 0 Å². The maximum absolute atomic E-state index is 11.2.